The molecule has 0 atom stereocenters. The number of rotatable bonds is 3. The number of methoxy groups -OCH3 is 1. The molecule has 0 spiro atoms. The van der Waals surface area contributed by atoms with E-state index in [1.165, 1.54) is 13.2 Å². The van der Waals surface area contributed by atoms with Crippen molar-refractivity contribution in [2.75, 3.05) is 12.4 Å². The monoisotopic (exact) mass is 378 g/mol. The lowest BCUT2D eigenvalue weighted by molar-refractivity contribution is -0.143. The Bertz CT molecular complexity index is 797. The molecular formula is C16H10F6NO3. The van der Waals surface area contributed by atoms with Gasteiger partial charge in [0.15, 0.2) is 11.5 Å². The van der Waals surface area contributed by atoms with Crippen molar-refractivity contribution in [2.45, 2.75) is 12.4 Å². The predicted octanol–water partition coefficient (Wildman–Crippen LogP) is 4.49. The summed E-state index contributed by atoms with van der Waals surface area (Å²) in [4.78, 5) is 12.1. The minimum Gasteiger partial charge on any atom is -0.504 e. The molecule has 0 saturated heterocycles. The fraction of sp³-hybridized carbons (Fsp3) is 0.188. The van der Waals surface area contributed by atoms with Gasteiger partial charge in [-0.1, -0.05) is 0 Å². The third-order valence-electron chi connectivity index (χ3n) is 3.24. The molecule has 2 N–H and O–H groups in total. The maximum atomic E-state index is 12.8. The first kappa shape index (κ1) is 19.4. The molecular weight excluding hydrogens is 368 g/mol. The highest BCUT2D eigenvalue weighted by Gasteiger charge is 2.37. The van der Waals surface area contributed by atoms with Gasteiger partial charge < -0.3 is 15.2 Å². The lowest BCUT2D eigenvalue weighted by Gasteiger charge is -2.15. The van der Waals surface area contributed by atoms with Crippen molar-refractivity contribution in [2.24, 2.45) is 0 Å². The van der Waals surface area contributed by atoms with E-state index >= 15 is 0 Å². The molecule has 2 rings (SSSR count). The maximum Gasteiger partial charge on any atom is 0.416 e. The number of ether oxygens (including phenoxy) is 1. The quantitative estimate of drug-likeness (QED) is 0.774. The molecule has 139 valence electrons. The molecule has 4 nitrogen and oxygen atoms in total. The lowest BCUT2D eigenvalue weighted by Crippen LogP contribution is -2.16. The maximum absolute atomic E-state index is 12.8. The molecule has 0 aliphatic heterocycles. The largest absolute Gasteiger partial charge is 0.504 e. The third-order valence-corrected chi connectivity index (χ3v) is 3.24. The number of benzene rings is 2. The van der Waals surface area contributed by atoms with Crippen molar-refractivity contribution in [3.8, 4) is 11.5 Å². The number of carbonyl (C=O) groups is 1. The molecule has 10 heteroatoms. The van der Waals surface area contributed by atoms with E-state index in [0.717, 1.165) is 6.07 Å². The molecule has 0 aromatic heterocycles. The van der Waals surface area contributed by atoms with Crippen LogP contribution in [0, 0.1) is 6.07 Å². The molecule has 0 aliphatic rings. The van der Waals surface area contributed by atoms with Gasteiger partial charge in [0.1, 0.15) is 0 Å². The molecule has 0 aliphatic carbocycles. The van der Waals surface area contributed by atoms with Crippen LogP contribution in [0.1, 0.15) is 21.5 Å². The highest BCUT2D eigenvalue weighted by molar-refractivity contribution is 6.06. The Morgan fingerprint density at radius 3 is 2.04 bits per heavy atom. The molecule has 1 amide bonds. The van der Waals surface area contributed by atoms with Crippen molar-refractivity contribution < 1.29 is 41.0 Å². The molecule has 1 radical (unpaired) electrons. The van der Waals surface area contributed by atoms with E-state index in [4.69, 9.17) is 4.74 Å². The Balaban J connectivity index is 2.44. The average molecular weight is 378 g/mol. The Kier molecular flexibility index (Phi) is 5.06. The number of anilines is 1. The first-order chi connectivity index (χ1) is 11.9. The second kappa shape index (κ2) is 6.77. The Hall–Kier alpha value is -2.91. The molecule has 0 heterocycles. The second-order valence-corrected chi connectivity index (χ2v) is 5.03. The number of amides is 1. The zero-order valence-electron chi connectivity index (χ0n) is 12.9. The van der Waals surface area contributed by atoms with E-state index in [1.807, 2.05) is 5.32 Å². The van der Waals surface area contributed by atoms with Crippen LogP contribution in [0.25, 0.3) is 0 Å². The first-order valence-corrected chi connectivity index (χ1v) is 6.81. The summed E-state index contributed by atoms with van der Waals surface area (Å²) in [7, 11) is 1.19. The first-order valence-electron chi connectivity index (χ1n) is 6.81. The molecule has 26 heavy (non-hydrogen) atoms. The highest BCUT2D eigenvalue weighted by Crippen LogP contribution is 2.38. The van der Waals surface area contributed by atoms with Crippen LogP contribution >= 0.6 is 0 Å². The van der Waals surface area contributed by atoms with Crippen LogP contribution in [0.2, 0.25) is 0 Å². The summed E-state index contributed by atoms with van der Waals surface area (Å²) < 4.78 is 81.7. The van der Waals surface area contributed by atoms with Gasteiger partial charge in [0.2, 0.25) is 0 Å². The average Bonchev–Trinajstić information content (AvgIpc) is 2.53. The summed E-state index contributed by atoms with van der Waals surface area (Å²) in [5.74, 6) is -1.91. The van der Waals surface area contributed by atoms with Crippen LogP contribution in [0.5, 0.6) is 11.5 Å². The van der Waals surface area contributed by atoms with E-state index < -0.39 is 46.4 Å². The normalized spacial score (nSPS) is 12.0. The van der Waals surface area contributed by atoms with E-state index in [2.05, 4.69) is 6.07 Å². The minimum atomic E-state index is -5.05. The van der Waals surface area contributed by atoms with E-state index in [9.17, 15) is 36.2 Å². The van der Waals surface area contributed by atoms with Gasteiger partial charge in [-0.15, -0.1) is 0 Å². The number of alkyl halides is 6. The zero-order chi connectivity index (χ0) is 19.7. The minimum absolute atomic E-state index is 0.0630. The highest BCUT2D eigenvalue weighted by atomic mass is 19.4. The van der Waals surface area contributed by atoms with Crippen LogP contribution in [-0.2, 0) is 12.4 Å². The fourth-order valence-corrected chi connectivity index (χ4v) is 2.02. The lowest BCUT2D eigenvalue weighted by atomic mass is 10.1. The van der Waals surface area contributed by atoms with Crippen molar-refractivity contribution in [1.29, 1.82) is 0 Å². The van der Waals surface area contributed by atoms with Crippen LogP contribution in [0.15, 0.2) is 30.3 Å². The smallest absolute Gasteiger partial charge is 0.416 e. The van der Waals surface area contributed by atoms with E-state index in [0.29, 0.717) is 12.1 Å². The van der Waals surface area contributed by atoms with Gasteiger partial charge >= 0.3 is 12.4 Å². The van der Waals surface area contributed by atoms with Gasteiger partial charge in [-0.3, -0.25) is 4.79 Å². The SMILES string of the molecule is COc1c[c]cc(C(=O)Nc2cc(C(F)(F)F)cc(C(F)(F)F)c2)c1O. The number of nitrogens with one attached hydrogen (secondary N) is 1. The standard InChI is InChI=1S/C16H10F6NO3/c1-26-12-4-2-3-11(13(12)24)14(25)23-10-6-8(15(17,18)19)5-9(7-10)16(20,21)22/h3-7,24H,1H3,(H,23,25). The number of phenolic OH excluding ortho intramolecular Hbond substituents is 1. The molecule has 0 saturated carbocycles. The van der Waals surface area contributed by atoms with Crippen LogP contribution in [-0.4, -0.2) is 18.1 Å². The van der Waals surface area contributed by atoms with Crippen LogP contribution < -0.4 is 10.1 Å². The Labute approximate surface area is 143 Å². The Morgan fingerprint density at radius 1 is 1.04 bits per heavy atom. The predicted molar refractivity (Wildman–Crippen MR) is 77.9 cm³/mol. The number of carbonyl (C=O) groups excluding carboxylic acids is 1. The van der Waals surface area contributed by atoms with E-state index in [1.54, 1.807) is 0 Å². The van der Waals surface area contributed by atoms with E-state index in [-0.39, 0.29) is 11.8 Å². The van der Waals surface area contributed by atoms with Gasteiger partial charge in [-0.25, -0.2) is 0 Å². The van der Waals surface area contributed by atoms with Crippen molar-refractivity contribution in [3.63, 3.8) is 0 Å². The van der Waals surface area contributed by atoms with Crippen LogP contribution in [0.3, 0.4) is 0 Å². The summed E-state index contributed by atoms with van der Waals surface area (Å²) >= 11 is 0. The van der Waals surface area contributed by atoms with Crippen molar-refractivity contribution in [3.05, 3.63) is 53.1 Å². The van der Waals surface area contributed by atoms with Gasteiger partial charge in [0, 0.05) is 5.69 Å². The number of hydrogen-bond donors (Lipinski definition) is 2. The summed E-state index contributed by atoms with van der Waals surface area (Å²) in [5, 5.41) is 11.7. The van der Waals surface area contributed by atoms with Crippen molar-refractivity contribution in [1.82, 2.24) is 0 Å². The Morgan fingerprint density at radius 2 is 1.58 bits per heavy atom. The summed E-state index contributed by atoms with van der Waals surface area (Å²) in [6, 6.07) is 5.30. The summed E-state index contributed by atoms with van der Waals surface area (Å²) in [6.07, 6.45) is -10.1. The second-order valence-electron chi connectivity index (χ2n) is 5.03. The van der Waals surface area contributed by atoms with Gasteiger partial charge in [0.25, 0.3) is 5.91 Å². The third kappa shape index (κ3) is 4.19. The topological polar surface area (TPSA) is 58.6 Å². The van der Waals surface area contributed by atoms with Gasteiger partial charge in [-0.2, -0.15) is 26.3 Å². The molecule has 2 aromatic carbocycles. The van der Waals surface area contributed by atoms with Gasteiger partial charge in [0.05, 0.1) is 23.8 Å². The molecule has 0 bridgehead atoms. The zero-order valence-corrected chi connectivity index (χ0v) is 12.9. The molecule has 0 unspecified atom stereocenters. The fourth-order valence-electron chi connectivity index (χ4n) is 2.02. The van der Waals surface area contributed by atoms with Crippen LogP contribution in [0.4, 0.5) is 32.0 Å². The summed E-state index contributed by atoms with van der Waals surface area (Å²) in [6.45, 7) is 0. The molecule has 2 aromatic rings. The summed E-state index contributed by atoms with van der Waals surface area (Å²) in [5.41, 5.74) is -4.33. The number of aromatic hydroxyl groups is 1. The van der Waals surface area contributed by atoms with Crippen molar-refractivity contribution >= 4 is 11.6 Å². The molecule has 0 fully saturated rings. The van der Waals surface area contributed by atoms with Gasteiger partial charge in [-0.05, 0) is 36.4 Å². The number of hydrogen-bond acceptors (Lipinski definition) is 3. The number of halogens is 6. The number of phenols is 1.